The normalized spacial score (nSPS) is 25.4. The maximum absolute atomic E-state index is 13.9. The number of phenols is 1. The minimum Gasteiger partial charge on any atom is -0.504 e. The van der Waals surface area contributed by atoms with E-state index in [4.69, 9.17) is 4.74 Å². The van der Waals surface area contributed by atoms with E-state index in [0.29, 0.717) is 15.6 Å². The number of phenolic OH excluding ortho intramolecular Hbond substituents is 1. The van der Waals surface area contributed by atoms with E-state index in [-0.39, 0.29) is 64.0 Å². The molecule has 0 unspecified atom stereocenters. The lowest BCUT2D eigenvalue weighted by Crippen LogP contribution is -2.39. The zero-order valence-corrected chi connectivity index (χ0v) is 23.5. The molecule has 0 bridgehead atoms. The lowest BCUT2D eigenvalue weighted by Gasteiger charge is -2.42. The monoisotopic (exact) mass is 618 g/mol. The van der Waals surface area contributed by atoms with Crippen molar-refractivity contribution < 1.29 is 33.9 Å². The maximum Gasteiger partial charge on any atom is 0.269 e. The predicted octanol–water partition coefficient (Wildman–Crippen LogP) is 4.71. The molecule has 1 aliphatic heterocycles. The van der Waals surface area contributed by atoms with Crippen molar-refractivity contribution in [2.75, 3.05) is 12.0 Å². The highest BCUT2D eigenvalue weighted by Gasteiger charge is 2.57. The molecule has 1 heterocycles. The molecule has 2 aromatic rings. The topological polar surface area (TPSA) is 144 Å². The molecule has 0 radical (unpaired) electrons. The number of rotatable bonds is 4. The molecule has 0 aromatic heterocycles. The quantitative estimate of drug-likeness (QED) is 0.171. The van der Waals surface area contributed by atoms with E-state index in [1.807, 2.05) is 6.08 Å². The van der Waals surface area contributed by atoms with Crippen LogP contribution >= 0.6 is 15.9 Å². The standard InChI is InChI=1S/C30H23BrN2O8/c1-13-9-22(34)20-12-19-17(24(26(20)27(13)35)21-10-14(31)11-23(41-2)28(21)36)7-8-18-25(19)30(38)32(29(18)37)15-3-5-16(6-4-15)33(39)40/h3-7,9-11,18-19,24-25,36H,8,12H2,1-2H3/t18-,19+,24+,25-/m0/s1. The summed E-state index contributed by atoms with van der Waals surface area (Å²) in [4.78, 5) is 66.0. The first-order chi connectivity index (χ1) is 19.5. The van der Waals surface area contributed by atoms with Crippen molar-refractivity contribution in [3.63, 3.8) is 0 Å². The molecule has 0 saturated carbocycles. The number of aromatic hydroxyl groups is 1. The van der Waals surface area contributed by atoms with Gasteiger partial charge in [0.15, 0.2) is 23.1 Å². The molecule has 10 nitrogen and oxygen atoms in total. The van der Waals surface area contributed by atoms with Crippen LogP contribution in [0.3, 0.4) is 0 Å². The molecular weight excluding hydrogens is 596 g/mol. The number of Topliss-reactive ketones (excluding diaryl/α,β-unsaturated/α-hetero) is 1. The number of halogens is 1. The van der Waals surface area contributed by atoms with Gasteiger partial charge in [-0.3, -0.25) is 34.2 Å². The van der Waals surface area contributed by atoms with Gasteiger partial charge in [-0.15, -0.1) is 0 Å². The van der Waals surface area contributed by atoms with Gasteiger partial charge in [-0.1, -0.05) is 27.6 Å². The SMILES string of the molecule is COc1cc(Br)cc([C@H]2C3=CC[C@@H]4C(=O)N(c5ccc([N+](=O)[O-])cc5)C(=O)[C@@H]4[C@@H]3CC3=C2C(=O)C(C)=CC3=O)c1O. The fourth-order valence-corrected chi connectivity index (χ4v) is 7.12. The van der Waals surface area contributed by atoms with Crippen LogP contribution in [0.1, 0.15) is 31.2 Å². The number of carbonyl (C=O) groups is 4. The number of nitro benzene ring substituents is 1. The molecular formula is C30H23BrN2O8. The van der Waals surface area contributed by atoms with Crippen molar-refractivity contribution in [2.24, 2.45) is 17.8 Å². The first-order valence-corrected chi connectivity index (χ1v) is 13.7. The number of amides is 2. The van der Waals surface area contributed by atoms with Gasteiger partial charge in [-0.05, 0) is 56.0 Å². The minimum absolute atomic E-state index is 0.0895. The number of anilines is 1. The van der Waals surface area contributed by atoms with Crippen molar-refractivity contribution in [2.45, 2.75) is 25.7 Å². The van der Waals surface area contributed by atoms with Crippen LogP contribution in [0.25, 0.3) is 0 Å². The molecule has 4 atom stereocenters. The Kier molecular flexibility index (Phi) is 6.29. The number of nitrogens with zero attached hydrogens (tertiary/aromatic N) is 2. The Hall–Kier alpha value is -4.38. The van der Waals surface area contributed by atoms with Gasteiger partial charge in [-0.2, -0.15) is 0 Å². The van der Waals surface area contributed by atoms with Crippen LogP contribution in [0.5, 0.6) is 11.5 Å². The second kappa shape index (κ2) is 9.62. The molecule has 1 fully saturated rings. The summed E-state index contributed by atoms with van der Waals surface area (Å²) in [7, 11) is 1.40. The summed E-state index contributed by atoms with van der Waals surface area (Å²) in [6.07, 6.45) is 3.45. The third-order valence-electron chi connectivity index (χ3n) is 8.48. The summed E-state index contributed by atoms with van der Waals surface area (Å²) in [6.45, 7) is 1.57. The molecule has 41 heavy (non-hydrogen) atoms. The molecule has 2 amide bonds. The van der Waals surface area contributed by atoms with Crippen LogP contribution < -0.4 is 9.64 Å². The maximum atomic E-state index is 13.9. The van der Waals surface area contributed by atoms with E-state index in [2.05, 4.69) is 15.9 Å². The number of hydrogen-bond donors (Lipinski definition) is 1. The summed E-state index contributed by atoms with van der Waals surface area (Å²) in [5, 5.41) is 22.3. The molecule has 0 spiro atoms. The van der Waals surface area contributed by atoms with Crippen molar-refractivity contribution >= 4 is 50.7 Å². The highest BCUT2D eigenvalue weighted by molar-refractivity contribution is 9.10. The number of ether oxygens (including phenoxy) is 1. The van der Waals surface area contributed by atoms with Gasteiger partial charge in [0.1, 0.15) is 0 Å². The van der Waals surface area contributed by atoms with Crippen molar-refractivity contribution in [1.82, 2.24) is 0 Å². The third-order valence-corrected chi connectivity index (χ3v) is 8.94. The largest absolute Gasteiger partial charge is 0.504 e. The van der Waals surface area contributed by atoms with Gasteiger partial charge < -0.3 is 9.84 Å². The number of imide groups is 1. The van der Waals surface area contributed by atoms with Crippen LogP contribution in [0.15, 0.2) is 75.3 Å². The minimum atomic E-state index is -0.840. The fraction of sp³-hybridized carbons (Fsp3) is 0.267. The van der Waals surface area contributed by atoms with E-state index < -0.39 is 40.4 Å². The number of fused-ring (bicyclic) bond motifs is 3. The first-order valence-electron chi connectivity index (χ1n) is 12.9. The van der Waals surface area contributed by atoms with E-state index in [1.165, 1.54) is 37.5 Å². The van der Waals surface area contributed by atoms with Crippen LogP contribution in [-0.2, 0) is 19.2 Å². The van der Waals surface area contributed by atoms with Crippen LogP contribution in [-0.4, -0.2) is 40.5 Å². The van der Waals surface area contributed by atoms with Gasteiger partial charge in [0.25, 0.3) is 5.69 Å². The smallest absolute Gasteiger partial charge is 0.269 e. The van der Waals surface area contributed by atoms with E-state index in [1.54, 1.807) is 19.1 Å². The number of hydrogen-bond acceptors (Lipinski definition) is 8. The number of nitro groups is 1. The van der Waals surface area contributed by atoms with E-state index in [9.17, 15) is 34.4 Å². The van der Waals surface area contributed by atoms with Crippen molar-refractivity contribution in [3.05, 3.63) is 91.0 Å². The Bertz CT molecular complexity index is 1690. The second-order valence-electron chi connectivity index (χ2n) is 10.6. The summed E-state index contributed by atoms with van der Waals surface area (Å²) < 4.78 is 5.94. The van der Waals surface area contributed by atoms with Crippen LogP contribution in [0.4, 0.5) is 11.4 Å². The van der Waals surface area contributed by atoms with Crippen molar-refractivity contribution in [1.29, 1.82) is 0 Å². The number of non-ortho nitro benzene ring substituents is 1. The zero-order valence-electron chi connectivity index (χ0n) is 21.9. The predicted molar refractivity (Wildman–Crippen MR) is 149 cm³/mol. The highest BCUT2D eigenvalue weighted by Crippen LogP contribution is 2.57. The lowest BCUT2D eigenvalue weighted by atomic mass is 9.59. The second-order valence-corrected chi connectivity index (χ2v) is 11.5. The van der Waals surface area contributed by atoms with E-state index >= 15 is 0 Å². The Morgan fingerprint density at radius 1 is 1.07 bits per heavy atom. The van der Waals surface area contributed by atoms with Gasteiger partial charge in [0.2, 0.25) is 11.8 Å². The molecule has 11 heteroatoms. The molecule has 4 aliphatic rings. The molecule has 6 rings (SSSR count). The highest BCUT2D eigenvalue weighted by atomic mass is 79.9. The molecule has 1 N–H and O–H groups in total. The Balaban J connectivity index is 1.49. The third kappa shape index (κ3) is 3.98. The molecule has 1 saturated heterocycles. The molecule has 2 aromatic carbocycles. The van der Waals surface area contributed by atoms with Gasteiger partial charge in [0.05, 0.1) is 29.6 Å². The Morgan fingerprint density at radius 3 is 2.44 bits per heavy atom. The summed E-state index contributed by atoms with van der Waals surface area (Å²) >= 11 is 3.44. The van der Waals surface area contributed by atoms with Gasteiger partial charge in [0, 0.05) is 44.8 Å². The number of benzene rings is 2. The number of methoxy groups -OCH3 is 1. The average molecular weight is 619 g/mol. The molecule has 208 valence electrons. The van der Waals surface area contributed by atoms with Crippen LogP contribution in [0, 0.1) is 27.9 Å². The van der Waals surface area contributed by atoms with E-state index in [0.717, 1.165) is 4.90 Å². The van der Waals surface area contributed by atoms with Crippen LogP contribution in [0.2, 0.25) is 0 Å². The lowest BCUT2D eigenvalue weighted by molar-refractivity contribution is -0.384. The number of ketones is 2. The van der Waals surface area contributed by atoms with Gasteiger partial charge >= 0.3 is 0 Å². The molecule has 3 aliphatic carbocycles. The number of carbonyl (C=O) groups excluding carboxylic acids is 4. The summed E-state index contributed by atoms with van der Waals surface area (Å²) in [5.41, 5.74) is 1.89. The average Bonchev–Trinajstić information content (AvgIpc) is 3.21. The Morgan fingerprint density at radius 2 is 1.78 bits per heavy atom. The number of allylic oxidation sites excluding steroid dienone is 6. The Labute approximate surface area is 242 Å². The zero-order chi connectivity index (χ0) is 29.3. The summed E-state index contributed by atoms with van der Waals surface area (Å²) in [6, 6.07) is 8.46. The van der Waals surface area contributed by atoms with Gasteiger partial charge in [-0.25, -0.2) is 0 Å². The van der Waals surface area contributed by atoms with Crippen molar-refractivity contribution in [3.8, 4) is 11.5 Å². The fourth-order valence-electron chi connectivity index (χ4n) is 6.66. The first kappa shape index (κ1) is 26.8. The summed E-state index contributed by atoms with van der Waals surface area (Å²) in [5.74, 6) is -4.51.